The van der Waals surface area contributed by atoms with Gasteiger partial charge < -0.3 is 19.9 Å². The summed E-state index contributed by atoms with van der Waals surface area (Å²) in [5.74, 6) is -4.76. The van der Waals surface area contributed by atoms with Crippen LogP contribution < -0.4 is 5.32 Å². The van der Waals surface area contributed by atoms with Crippen LogP contribution in [0.5, 0.6) is 0 Å². The molecule has 2 atom stereocenters. The van der Waals surface area contributed by atoms with Crippen LogP contribution in [-0.2, 0) is 28.7 Å². The number of methoxy groups -OCH3 is 1. The highest BCUT2D eigenvalue weighted by molar-refractivity contribution is 8.00. The van der Waals surface area contributed by atoms with Crippen LogP contribution in [0.15, 0.2) is 22.2 Å². The van der Waals surface area contributed by atoms with Crippen molar-refractivity contribution in [3.05, 3.63) is 27.9 Å². The van der Waals surface area contributed by atoms with E-state index in [1.807, 2.05) is 0 Å². The van der Waals surface area contributed by atoms with Crippen molar-refractivity contribution in [3.8, 4) is 0 Å². The van der Waals surface area contributed by atoms with Crippen molar-refractivity contribution in [3.63, 3.8) is 0 Å². The molecule has 1 saturated heterocycles. The van der Waals surface area contributed by atoms with Gasteiger partial charge in [0.25, 0.3) is 23.3 Å². The Morgan fingerprint density at radius 3 is 2.69 bits per heavy atom. The average Bonchev–Trinajstić information content (AvgIpc) is 3.23. The van der Waals surface area contributed by atoms with Crippen LogP contribution in [0.1, 0.15) is 17.4 Å². The number of carbonyl (C=O) groups is 5. The topological polar surface area (TPSA) is 152 Å². The maximum atomic E-state index is 12.8. The summed E-state index contributed by atoms with van der Waals surface area (Å²) >= 11 is 2.24. The van der Waals surface area contributed by atoms with E-state index in [0.29, 0.717) is 0 Å². The number of thioether (sulfide) groups is 1. The summed E-state index contributed by atoms with van der Waals surface area (Å²) < 4.78 is 10.1. The van der Waals surface area contributed by atoms with E-state index >= 15 is 0 Å². The number of fused-ring (bicyclic) bond motifs is 1. The summed E-state index contributed by atoms with van der Waals surface area (Å²) in [5.41, 5.74) is -0.701. The molecule has 0 unspecified atom stereocenters. The molecule has 3 heterocycles. The number of hydrogen-bond acceptors (Lipinski definition) is 10. The van der Waals surface area contributed by atoms with Gasteiger partial charge in [0, 0.05) is 30.7 Å². The molecule has 0 aliphatic carbocycles. The van der Waals surface area contributed by atoms with E-state index in [1.165, 1.54) is 24.9 Å². The first-order valence-electron chi connectivity index (χ1n) is 8.07. The van der Waals surface area contributed by atoms with E-state index < -0.39 is 40.6 Å². The molecule has 11 nitrogen and oxygen atoms in total. The van der Waals surface area contributed by atoms with Crippen molar-refractivity contribution in [1.82, 2.24) is 15.2 Å². The standard InChI is InChI=1S/C16H15N3O8S2/c1-7(20)27-3-8-4-29-15-16(26-2,14(25)19(15)10(8)13(23)24)18-12(22)11(21)9-5-28-6-17-9/h5-6,15H,3-4H2,1-2H3,(H,18,22)(H,23,24)/t15-,16+/m1/s1. The number of nitrogens with zero attached hydrogens (tertiary/aromatic N) is 2. The highest BCUT2D eigenvalue weighted by Crippen LogP contribution is 2.46. The minimum absolute atomic E-state index is 0.0755. The average molecular weight is 441 g/mol. The number of ketones is 1. The number of ether oxygens (including phenoxy) is 2. The Balaban J connectivity index is 1.85. The van der Waals surface area contributed by atoms with Crippen LogP contribution in [0.3, 0.4) is 0 Å². The highest BCUT2D eigenvalue weighted by Gasteiger charge is 2.67. The summed E-state index contributed by atoms with van der Waals surface area (Å²) in [4.78, 5) is 64.8. The molecule has 0 bridgehead atoms. The molecule has 1 aromatic heterocycles. The first-order valence-corrected chi connectivity index (χ1v) is 10.1. The Morgan fingerprint density at radius 1 is 1.41 bits per heavy atom. The fourth-order valence-electron chi connectivity index (χ4n) is 2.91. The third-order valence-electron chi connectivity index (χ3n) is 4.25. The minimum Gasteiger partial charge on any atom is -0.477 e. The Kier molecular flexibility index (Phi) is 5.73. The number of hydrogen-bond donors (Lipinski definition) is 2. The molecule has 3 rings (SSSR count). The number of β-lactam (4-membered cyclic amide) rings is 1. The number of Topliss-reactive ketones (excluding diaryl/α,β-unsaturated/α-hetero) is 1. The summed E-state index contributed by atoms with van der Waals surface area (Å²) in [6, 6.07) is 0. The van der Waals surface area contributed by atoms with E-state index in [2.05, 4.69) is 10.3 Å². The number of esters is 1. The lowest BCUT2D eigenvalue weighted by atomic mass is 9.98. The number of amides is 2. The van der Waals surface area contributed by atoms with E-state index in [1.54, 1.807) is 0 Å². The third-order valence-corrected chi connectivity index (χ3v) is 6.21. The molecule has 2 N–H and O–H groups in total. The number of nitrogens with one attached hydrogen (secondary N) is 1. The molecule has 2 aliphatic rings. The maximum absolute atomic E-state index is 12.8. The second-order valence-corrected chi connectivity index (χ2v) is 7.76. The van der Waals surface area contributed by atoms with Crippen LogP contribution in [0.2, 0.25) is 0 Å². The zero-order chi connectivity index (χ0) is 21.3. The van der Waals surface area contributed by atoms with Crippen molar-refractivity contribution in [2.75, 3.05) is 19.5 Å². The zero-order valence-electron chi connectivity index (χ0n) is 15.2. The molecule has 29 heavy (non-hydrogen) atoms. The second kappa shape index (κ2) is 7.93. The number of aromatic nitrogens is 1. The van der Waals surface area contributed by atoms with Crippen molar-refractivity contribution in [2.24, 2.45) is 0 Å². The molecule has 0 spiro atoms. The predicted octanol–water partition coefficient (Wildman–Crippen LogP) is -0.398. The predicted molar refractivity (Wildman–Crippen MR) is 98.7 cm³/mol. The lowest BCUT2D eigenvalue weighted by Crippen LogP contribution is -2.81. The van der Waals surface area contributed by atoms with Gasteiger partial charge in [-0.2, -0.15) is 0 Å². The van der Waals surface area contributed by atoms with Crippen LogP contribution in [-0.4, -0.2) is 75.1 Å². The summed E-state index contributed by atoms with van der Waals surface area (Å²) in [6.07, 6.45) is 0. The summed E-state index contributed by atoms with van der Waals surface area (Å²) in [6.45, 7) is 0.897. The summed E-state index contributed by atoms with van der Waals surface area (Å²) in [5, 5.41) is 12.3. The number of rotatable bonds is 7. The van der Waals surface area contributed by atoms with Crippen LogP contribution in [0.4, 0.5) is 0 Å². The largest absolute Gasteiger partial charge is 0.477 e. The molecular weight excluding hydrogens is 426 g/mol. The van der Waals surface area contributed by atoms with Crippen LogP contribution >= 0.6 is 23.1 Å². The molecule has 2 amide bonds. The van der Waals surface area contributed by atoms with E-state index in [-0.39, 0.29) is 29.3 Å². The van der Waals surface area contributed by atoms with E-state index in [0.717, 1.165) is 28.0 Å². The summed E-state index contributed by atoms with van der Waals surface area (Å²) in [7, 11) is 1.17. The fourth-order valence-corrected chi connectivity index (χ4v) is 4.86. The minimum atomic E-state index is -1.90. The van der Waals surface area contributed by atoms with Gasteiger partial charge >= 0.3 is 11.9 Å². The molecule has 1 fully saturated rings. The van der Waals surface area contributed by atoms with Gasteiger partial charge in [-0.3, -0.25) is 24.1 Å². The Morgan fingerprint density at radius 2 is 2.14 bits per heavy atom. The van der Waals surface area contributed by atoms with Gasteiger partial charge in [-0.25, -0.2) is 9.78 Å². The Hall–Kier alpha value is -2.77. The lowest BCUT2D eigenvalue weighted by molar-refractivity contribution is -0.191. The quantitative estimate of drug-likeness (QED) is 0.188. The molecule has 0 saturated carbocycles. The van der Waals surface area contributed by atoms with Crippen molar-refractivity contribution < 1.29 is 38.6 Å². The fraction of sp³-hybridized carbons (Fsp3) is 0.375. The first-order chi connectivity index (χ1) is 13.7. The zero-order valence-corrected chi connectivity index (χ0v) is 16.8. The normalized spacial score (nSPS) is 23.2. The van der Waals surface area contributed by atoms with Crippen molar-refractivity contribution >= 4 is 52.6 Å². The molecule has 0 radical (unpaired) electrons. The first kappa shape index (κ1) is 21.0. The smallest absolute Gasteiger partial charge is 0.352 e. The van der Waals surface area contributed by atoms with Gasteiger partial charge in [0.15, 0.2) is 0 Å². The number of thiazole rings is 1. The van der Waals surface area contributed by atoms with Gasteiger partial charge in [0.1, 0.15) is 23.4 Å². The Labute approximate surface area is 172 Å². The highest BCUT2D eigenvalue weighted by atomic mass is 32.2. The van der Waals surface area contributed by atoms with Gasteiger partial charge in [-0.05, 0) is 0 Å². The van der Waals surface area contributed by atoms with Gasteiger partial charge in [-0.1, -0.05) is 0 Å². The van der Waals surface area contributed by atoms with Gasteiger partial charge in [0.05, 0.1) is 5.51 Å². The molecule has 2 aliphatic heterocycles. The molecule has 0 aromatic carbocycles. The third kappa shape index (κ3) is 3.52. The van der Waals surface area contributed by atoms with E-state index in [4.69, 9.17) is 9.47 Å². The number of carbonyl (C=O) groups excluding carboxylic acids is 4. The molecule has 154 valence electrons. The second-order valence-electron chi connectivity index (χ2n) is 5.97. The van der Waals surface area contributed by atoms with Gasteiger partial charge in [0.2, 0.25) is 0 Å². The van der Waals surface area contributed by atoms with Crippen LogP contribution in [0.25, 0.3) is 0 Å². The monoisotopic (exact) mass is 441 g/mol. The van der Waals surface area contributed by atoms with Crippen LogP contribution in [0, 0.1) is 0 Å². The van der Waals surface area contributed by atoms with Crippen molar-refractivity contribution in [1.29, 1.82) is 0 Å². The SMILES string of the molecule is CO[C@@]1(NC(=O)C(=O)c2cscn2)C(=O)N2C(C(=O)O)=C(COC(C)=O)CS[C@@H]21. The van der Waals surface area contributed by atoms with Crippen molar-refractivity contribution in [2.45, 2.75) is 18.0 Å². The molecule has 1 aromatic rings. The number of aliphatic carboxylic acids is 1. The lowest BCUT2D eigenvalue weighted by Gasteiger charge is -2.55. The molecular formula is C16H15N3O8S2. The maximum Gasteiger partial charge on any atom is 0.352 e. The van der Waals surface area contributed by atoms with E-state index in [9.17, 15) is 29.1 Å². The number of carboxylic acid groups (broad SMARTS) is 1. The number of carboxylic acids is 1. The van der Waals surface area contributed by atoms with Gasteiger partial charge in [-0.15, -0.1) is 23.1 Å². The Bertz CT molecular complexity index is 929. The molecule has 13 heteroatoms.